The van der Waals surface area contributed by atoms with Crippen LogP contribution in [0.1, 0.15) is 29.6 Å². The van der Waals surface area contributed by atoms with E-state index in [-0.39, 0.29) is 17.1 Å². The Morgan fingerprint density at radius 2 is 1.74 bits per heavy atom. The number of hydrogen-bond acceptors (Lipinski definition) is 4. The number of aromatic hydroxyl groups is 2. The highest BCUT2D eigenvalue weighted by atomic mass is 16.4. The fraction of sp³-hybridized carbons (Fsp3) is 0.385. The molecule has 1 aromatic rings. The van der Waals surface area contributed by atoms with Crippen LogP contribution in [0.25, 0.3) is 0 Å². The van der Waals surface area contributed by atoms with Crippen LogP contribution < -0.4 is 0 Å². The zero-order valence-corrected chi connectivity index (χ0v) is 10.2. The Morgan fingerprint density at radius 1 is 1.11 bits per heavy atom. The summed E-state index contributed by atoms with van der Waals surface area (Å²) in [6.45, 7) is 0.367. The number of phenolic OH excluding ortho intramolecular Hbond substituents is 2. The van der Waals surface area contributed by atoms with E-state index in [9.17, 15) is 19.8 Å². The van der Waals surface area contributed by atoms with Crippen molar-refractivity contribution in [3.63, 3.8) is 0 Å². The fourth-order valence-corrected chi connectivity index (χ4v) is 2.32. The van der Waals surface area contributed by atoms with E-state index in [4.69, 9.17) is 5.11 Å². The van der Waals surface area contributed by atoms with Crippen LogP contribution in [0, 0.1) is 0 Å². The van der Waals surface area contributed by atoms with Gasteiger partial charge in [-0.15, -0.1) is 0 Å². The van der Waals surface area contributed by atoms with Crippen LogP contribution in [0.4, 0.5) is 0 Å². The number of piperidine rings is 1. The summed E-state index contributed by atoms with van der Waals surface area (Å²) in [5.41, 5.74) is 0.0886. The van der Waals surface area contributed by atoms with E-state index in [1.54, 1.807) is 0 Å². The summed E-state index contributed by atoms with van der Waals surface area (Å²) in [6, 6.07) is 2.71. The summed E-state index contributed by atoms with van der Waals surface area (Å²) in [4.78, 5) is 24.7. The number of carboxylic acid groups (broad SMARTS) is 1. The third-order valence-corrected chi connectivity index (χ3v) is 3.20. The minimum atomic E-state index is -1.03. The first kappa shape index (κ1) is 13.2. The molecule has 0 aliphatic carbocycles. The zero-order valence-electron chi connectivity index (χ0n) is 10.2. The second-order valence-corrected chi connectivity index (χ2v) is 4.59. The van der Waals surface area contributed by atoms with Crippen molar-refractivity contribution in [1.82, 2.24) is 4.90 Å². The molecule has 2 rings (SSSR count). The molecule has 19 heavy (non-hydrogen) atoms. The predicted molar refractivity (Wildman–Crippen MR) is 66.1 cm³/mol. The maximum absolute atomic E-state index is 12.3. The van der Waals surface area contributed by atoms with Gasteiger partial charge in [-0.25, -0.2) is 4.79 Å². The molecule has 1 saturated heterocycles. The third-order valence-electron chi connectivity index (χ3n) is 3.20. The number of likely N-dealkylation sites (tertiary alicyclic amines) is 1. The topological polar surface area (TPSA) is 98.1 Å². The van der Waals surface area contributed by atoms with E-state index < -0.39 is 17.9 Å². The minimum absolute atomic E-state index is 0.0886. The molecule has 102 valence electrons. The molecule has 0 bridgehead atoms. The number of rotatable bonds is 2. The van der Waals surface area contributed by atoms with Crippen LogP contribution in [0.15, 0.2) is 18.2 Å². The minimum Gasteiger partial charge on any atom is -0.508 e. The Balaban J connectivity index is 2.28. The average molecular weight is 265 g/mol. The van der Waals surface area contributed by atoms with E-state index >= 15 is 0 Å². The van der Waals surface area contributed by atoms with Crippen LogP contribution >= 0.6 is 0 Å². The predicted octanol–water partition coefficient (Wildman–Crippen LogP) is 1.18. The Labute approximate surface area is 109 Å². The molecule has 1 fully saturated rings. The van der Waals surface area contributed by atoms with Crippen LogP contribution in [-0.2, 0) is 4.79 Å². The number of hydrogen-bond donors (Lipinski definition) is 3. The second-order valence-electron chi connectivity index (χ2n) is 4.59. The number of phenols is 2. The average Bonchev–Trinajstić information content (AvgIpc) is 2.36. The lowest BCUT2D eigenvalue weighted by Gasteiger charge is -2.33. The molecule has 0 aromatic heterocycles. The zero-order chi connectivity index (χ0) is 14.0. The molecular formula is C13H15NO5. The fourth-order valence-electron chi connectivity index (χ4n) is 2.32. The second kappa shape index (κ2) is 5.17. The van der Waals surface area contributed by atoms with Gasteiger partial charge in [-0.1, -0.05) is 0 Å². The van der Waals surface area contributed by atoms with E-state index in [0.717, 1.165) is 18.9 Å². The van der Waals surface area contributed by atoms with Gasteiger partial charge in [0, 0.05) is 18.2 Å². The van der Waals surface area contributed by atoms with Gasteiger partial charge in [0.05, 0.1) is 0 Å². The van der Waals surface area contributed by atoms with Gasteiger partial charge in [0.1, 0.15) is 17.5 Å². The van der Waals surface area contributed by atoms with Gasteiger partial charge in [-0.2, -0.15) is 0 Å². The smallest absolute Gasteiger partial charge is 0.326 e. The first-order valence-electron chi connectivity index (χ1n) is 6.06. The molecular weight excluding hydrogens is 250 g/mol. The molecule has 1 amide bonds. The Bertz CT molecular complexity index is 494. The molecule has 1 aliphatic rings. The van der Waals surface area contributed by atoms with Crippen LogP contribution in [0.3, 0.4) is 0 Å². The number of benzene rings is 1. The number of carbonyl (C=O) groups is 2. The van der Waals surface area contributed by atoms with Gasteiger partial charge < -0.3 is 20.2 Å². The van der Waals surface area contributed by atoms with Crippen molar-refractivity contribution in [1.29, 1.82) is 0 Å². The lowest BCUT2D eigenvalue weighted by atomic mass is 10.0. The highest BCUT2D eigenvalue weighted by molar-refractivity contribution is 5.97. The van der Waals surface area contributed by atoms with Crippen molar-refractivity contribution < 1.29 is 24.9 Å². The maximum atomic E-state index is 12.3. The highest BCUT2D eigenvalue weighted by Gasteiger charge is 2.32. The summed E-state index contributed by atoms with van der Waals surface area (Å²) in [5.74, 6) is -1.98. The monoisotopic (exact) mass is 265 g/mol. The Kier molecular flexibility index (Phi) is 3.59. The molecule has 3 N–H and O–H groups in total. The largest absolute Gasteiger partial charge is 0.508 e. The molecule has 0 unspecified atom stereocenters. The Morgan fingerprint density at radius 3 is 2.32 bits per heavy atom. The van der Waals surface area contributed by atoms with Crippen molar-refractivity contribution in [2.24, 2.45) is 0 Å². The Hall–Kier alpha value is -2.24. The standard InChI is InChI=1S/C13H15NO5/c15-9-5-8(6-10(16)7-9)12(17)14-4-2-1-3-11(14)13(18)19/h5-7,11,15-16H,1-4H2,(H,18,19)/t11-/m1/s1. The van der Waals surface area contributed by atoms with Gasteiger partial charge in [0.15, 0.2) is 0 Å². The summed E-state index contributed by atoms with van der Waals surface area (Å²) in [7, 11) is 0. The van der Waals surface area contributed by atoms with E-state index in [1.807, 2.05) is 0 Å². The van der Waals surface area contributed by atoms with E-state index in [0.29, 0.717) is 13.0 Å². The van der Waals surface area contributed by atoms with Gasteiger partial charge in [-0.3, -0.25) is 4.79 Å². The first-order valence-corrected chi connectivity index (χ1v) is 6.06. The van der Waals surface area contributed by atoms with Crippen molar-refractivity contribution in [3.05, 3.63) is 23.8 Å². The number of aliphatic carboxylic acids is 1. The SMILES string of the molecule is O=C(O)[C@H]1CCCCN1C(=O)c1cc(O)cc(O)c1. The molecule has 6 heteroatoms. The first-order chi connectivity index (χ1) is 8.99. The number of carbonyl (C=O) groups excluding carboxylic acids is 1. The lowest BCUT2D eigenvalue weighted by Crippen LogP contribution is -2.47. The number of nitrogens with zero attached hydrogens (tertiary/aromatic N) is 1. The normalized spacial score (nSPS) is 19.2. The molecule has 1 heterocycles. The van der Waals surface area contributed by atoms with Gasteiger partial charge in [0.25, 0.3) is 5.91 Å². The molecule has 0 radical (unpaired) electrons. The van der Waals surface area contributed by atoms with Crippen molar-refractivity contribution >= 4 is 11.9 Å². The molecule has 0 spiro atoms. The van der Waals surface area contributed by atoms with Gasteiger partial charge in [-0.05, 0) is 31.4 Å². The van der Waals surface area contributed by atoms with Crippen LogP contribution in [0.2, 0.25) is 0 Å². The maximum Gasteiger partial charge on any atom is 0.326 e. The molecule has 1 aromatic carbocycles. The molecule has 0 saturated carbocycles. The third kappa shape index (κ3) is 2.78. The van der Waals surface area contributed by atoms with Crippen molar-refractivity contribution in [2.75, 3.05) is 6.54 Å². The summed E-state index contributed by atoms with van der Waals surface area (Å²) < 4.78 is 0. The van der Waals surface area contributed by atoms with Crippen molar-refractivity contribution in [3.8, 4) is 11.5 Å². The summed E-state index contributed by atoms with van der Waals surface area (Å²) >= 11 is 0. The van der Waals surface area contributed by atoms with Crippen molar-refractivity contribution in [2.45, 2.75) is 25.3 Å². The highest BCUT2D eigenvalue weighted by Crippen LogP contribution is 2.24. The summed E-state index contributed by atoms with van der Waals surface area (Å²) in [5, 5.41) is 27.9. The number of amides is 1. The van der Waals surface area contributed by atoms with Gasteiger partial charge >= 0.3 is 5.97 Å². The van der Waals surface area contributed by atoms with E-state index in [2.05, 4.69) is 0 Å². The van der Waals surface area contributed by atoms with E-state index in [1.165, 1.54) is 17.0 Å². The number of carboxylic acids is 1. The van der Waals surface area contributed by atoms with Gasteiger partial charge in [0.2, 0.25) is 0 Å². The summed E-state index contributed by atoms with van der Waals surface area (Å²) in [6.07, 6.45) is 1.94. The molecule has 1 atom stereocenters. The molecule has 6 nitrogen and oxygen atoms in total. The van der Waals surface area contributed by atoms with Crippen LogP contribution in [0.5, 0.6) is 11.5 Å². The molecule has 1 aliphatic heterocycles. The lowest BCUT2D eigenvalue weighted by molar-refractivity contribution is -0.143. The van der Waals surface area contributed by atoms with Crippen LogP contribution in [-0.4, -0.2) is 44.7 Å². The quantitative estimate of drug-likeness (QED) is 0.745.